The van der Waals surface area contributed by atoms with Gasteiger partial charge >= 0.3 is 0 Å². The zero-order valence-electron chi connectivity index (χ0n) is 18.7. The van der Waals surface area contributed by atoms with E-state index in [-0.39, 0.29) is 17.9 Å². The van der Waals surface area contributed by atoms with Crippen molar-refractivity contribution in [1.82, 2.24) is 9.80 Å². The molecule has 1 N–H and O–H groups in total. The summed E-state index contributed by atoms with van der Waals surface area (Å²) in [5, 5.41) is 11.0. The van der Waals surface area contributed by atoms with Crippen molar-refractivity contribution in [2.45, 2.75) is 25.8 Å². The third-order valence-electron chi connectivity index (χ3n) is 6.00. The van der Waals surface area contributed by atoms with Crippen LogP contribution >= 0.6 is 0 Å². The lowest BCUT2D eigenvalue weighted by Crippen LogP contribution is -2.55. The molecule has 2 aliphatic heterocycles. The number of para-hydroxylation sites is 1. The first kappa shape index (κ1) is 21.8. The number of hydrogen-bond acceptors (Lipinski definition) is 6. The molecular weight excluding hydrogens is 410 g/mol. The summed E-state index contributed by atoms with van der Waals surface area (Å²) in [6, 6.07) is 10.3. The summed E-state index contributed by atoms with van der Waals surface area (Å²) < 4.78 is 5.52. The van der Waals surface area contributed by atoms with Crippen molar-refractivity contribution >= 4 is 23.3 Å². The Morgan fingerprint density at radius 1 is 1.12 bits per heavy atom. The van der Waals surface area contributed by atoms with E-state index in [0.29, 0.717) is 36.5 Å². The second-order valence-corrected chi connectivity index (χ2v) is 8.41. The van der Waals surface area contributed by atoms with Gasteiger partial charge in [0.25, 0.3) is 11.8 Å². The van der Waals surface area contributed by atoms with E-state index in [1.165, 1.54) is 11.0 Å². The van der Waals surface area contributed by atoms with Crippen molar-refractivity contribution < 1.29 is 23.9 Å². The first-order chi connectivity index (χ1) is 15.2. The fourth-order valence-electron chi connectivity index (χ4n) is 4.60. The monoisotopic (exact) mass is 437 g/mol. The zero-order chi connectivity index (χ0) is 23.2. The van der Waals surface area contributed by atoms with Crippen LogP contribution in [0.4, 0.5) is 5.69 Å². The standard InChI is InChI=1S/C24H27N3O5/c1-5-12-26-17-9-7-6-8-16(17)24(23(26)31)19(20(28)18-11-10-15(2)32-18)21(29)22(30)27(24)14-13-25(3)4/h6-11,29H,5,12-14H2,1-4H3/t24-/m0/s1. The van der Waals surface area contributed by atoms with Crippen molar-refractivity contribution in [3.8, 4) is 0 Å². The van der Waals surface area contributed by atoms with Gasteiger partial charge in [0.1, 0.15) is 5.76 Å². The number of fused-ring (bicyclic) bond motifs is 2. The van der Waals surface area contributed by atoms with Crippen LogP contribution in [0, 0.1) is 6.92 Å². The van der Waals surface area contributed by atoms with E-state index >= 15 is 0 Å². The highest BCUT2D eigenvalue weighted by molar-refractivity contribution is 6.25. The number of furan rings is 1. The summed E-state index contributed by atoms with van der Waals surface area (Å²) in [6.45, 7) is 4.68. The van der Waals surface area contributed by atoms with Gasteiger partial charge in [0.2, 0.25) is 5.78 Å². The summed E-state index contributed by atoms with van der Waals surface area (Å²) in [5.74, 6) is -2.03. The van der Waals surface area contributed by atoms with Gasteiger partial charge in [-0.3, -0.25) is 14.4 Å². The minimum Gasteiger partial charge on any atom is -0.503 e. The Bertz CT molecular complexity index is 1130. The largest absolute Gasteiger partial charge is 0.503 e. The minimum absolute atomic E-state index is 0.0232. The Labute approximate surface area is 186 Å². The number of hydrogen-bond donors (Lipinski definition) is 1. The highest BCUT2D eigenvalue weighted by Crippen LogP contribution is 2.53. The van der Waals surface area contributed by atoms with E-state index in [1.54, 1.807) is 36.1 Å². The summed E-state index contributed by atoms with van der Waals surface area (Å²) in [4.78, 5) is 45.8. The van der Waals surface area contributed by atoms with Crippen molar-refractivity contribution in [2.75, 3.05) is 38.6 Å². The van der Waals surface area contributed by atoms with Gasteiger partial charge in [0.15, 0.2) is 17.1 Å². The number of aliphatic hydroxyl groups is 1. The van der Waals surface area contributed by atoms with E-state index < -0.39 is 28.9 Å². The average Bonchev–Trinajstić information content (AvgIpc) is 3.36. The molecule has 0 aliphatic carbocycles. The fourth-order valence-corrected chi connectivity index (χ4v) is 4.60. The summed E-state index contributed by atoms with van der Waals surface area (Å²) in [6.07, 6.45) is 0.693. The maximum atomic E-state index is 14.1. The highest BCUT2D eigenvalue weighted by Gasteiger charge is 2.65. The number of anilines is 1. The SMILES string of the molecule is CCCN1C(=O)[C@@]2(C(C(=O)c3ccc(C)o3)=C(O)C(=O)N2CCN(C)C)c2ccccc21. The molecular formula is C24H27N3O5. The molecule has 1 aromatic heterocycles. The van der Waals surface area contributed by atoms with Gasteiger partial charge in [-0.25, -0.2) is 0 Å². The van der Waals surface area contributed by atoms with Crippen LogP contribution in [0.2, 0.25) is 0 Å². The fraction of sp³-hybridized carbons (Fsp3) is 0.375. The van der Waals surface area contributed by atoms with Crippen LogP contribution in [0.1, 0.15) is 35.2 Å². The van der Waals surface area contributed by atoms with E-state index in [9.17, 15) is 19.5 Å². The van der Waals surface area contributed by atoms with Gasteiger partial charge in [-0.1, -0.05) is 25.1 Å². The Kier molecular flexibility index (Phi) is 5.42. The number of Topliss-reactive ketones (excluding diaryl/α,β-unsaturated/α-hetero) is 1. The maximum absolute atomic E-state index is 14.1. The molecule has 32 heavy (non-hydrogen) atoms. The topological polar surface area (TPSA) is 94.3 Å². The number of nitrogens with zero attached hydrogens (tertiary/aromatic N) is 3. The number of rotatable bonds is 7. The molecule has 3 heterocycles. The Morgan fingerprint density at radius 3 is 2.47 bits per heavy atom. The number of aryl methyl sites for hydroxylation is 1. The molecule has 0 unspecified atom stereocenters. The van der Waals surface area contributed by atoms with Gasteiger partial charge in [-0.2, -0.15) is 0 Å². The summed E-state index contributed by atoms with van der Waals surface area (Å²) in [5.41, 5.74) is -0.828. The lowest BCUT2D eigenvalue weighted by atomic mass is 9.81. The normalized spacial score (nSPS) is 20.3. The molecule has 2 aliphatic rings. The molecule has 1 aromatic carbocycles. The molecule has 0 fully saturated rings. The van der Waals surface area contributed by atoms with Crippen LogP contribution in [-0.4, -0.2) is 66.2 Å². The second kappa shape index (κ2) is 7.94. The molecule has 8 nitrogen and oxygen atoms in total. The quantitative estimate of drug-likeness (QED) is 0.670. The number of benzene rings is 1. The van der Waals surface area contributed by atoms with Gasteiger partial charge in [0.05, 0.1) is 11.3 Å². The molecule has 4 rings (SSSR count). The first-order valence-corrected chi connectivity index (χ1v) is 10.7. The van der Waals surface area contributed by atoms with Gasteiger partial charge in [-0.05, 0) is 45.6 Å². The van der Waals surface area contributed by atoms with Crippen molar-refractivity contribution in [3.05, 3.63) is 64.8 Å². The Morgan fingerprint density at radius 2 is 1.84 bits per heavy atom. The third-order valence-corrected chi connectivity index (χ3v) is 6.00. The molecule has 2 amide bonds. The van der Waals surface area contributed by atoms with Crippen molar-refractivity contribution in [3.63, 3.8) is 0 Å². The number of likely N-dealkylation sites (N-methyl/N-ethyl adjacent to an activating group) is 1. The summed E-state index contributed by atoms with van der Waals surface area (Å²) in [7, 11) is 3.71. The molecule has 0 saturated carbocycles. The molecule has 1 atom stereocenters. The Balaban J connectivity index is 1.98. The lowest BCUT2D eigenvalue weighted by molar-refractivity contribution is -0.140. The van der Waals surface area contributed by atoms with Crippen molar-refractivity contribution in [2.24, 2.45) is 0 Å². The van der Waals surface area contributed by atoms with Crippen LogP contribution in [0.25, 0.3) is 0 Å². The maximum Gasteiger partial charge on any atom is 0.290 e. The number of aliphatic hydroxyl groups excluding tert-OH is 1. The molecule has 1 spiro atoms. The minimum atomic E-state index is -1.74. The third kappa shape index (κ3) is 2.97. The highest BCUT2D eigenvalue weighted by atomic mass is 16.3. The van der Waals surface area contributed by atoms with Crippen LogP contribution in [0.5, 0.6) is 0 Å². The van der Waals surface area contributed by atoms with Crippen LogP contribution < -0.4 is 4.90 Å². The van der Waals surface area contributed by atoms with Crippen LogP contribution in [-0.2, 0) is 15.1 Å². The number of ketones is 1. The molecule has 8 heteroatoms. The van der Waals surface area contributed by atoms with E-state index in [1.807, 2.05) is 32.0 Å². The predicted molar refractivity (Wildman–Crippen MR) is 118 cm³/mol. The molecule has 0 radical (unpaired) electrons. The number of carbonyl (C=O) groups is 3. The lowest BCUT2D eigenvalue weighted by Gasteiger charge is -2.36. The molecule has 0 bridgehead atoms. The van der Waals surface area contributed by atoms with Gasteiger partial charge in [-0.15, -0.1) is 0 Å². The molecule has 0 saturated heterocycles. The first-order valence-electron chi connectivity index (χ1n) is 10.7. The van der Waals surface area contributed by atoms with E-state index in [0.717, 1.165) is 0 Å². The Hall–Kier alpha value is -3.39. The van der Waals surface area contributed by atoms with E-state index in [2.05, 4.69) is 0 Å². The molecule has 2 aromatic rings. The summed E-state index contributed by atoms with van der Waals surface area (Å²) >= 11 is 0. The van der Waals surface area contributed by atoms with E-state index in [4.69, 9.17) is 4.42 Å². The van der Waals surface area contributed by atoms with Crippen LogP contribution in [0.3, 0.4) is 0 Å². The number of amides is 2. The van der Waals surface area contributed by atoms with Gasteiger partial charge < -0.3 is 24.2 Å². The van der Waals surface area contributed by atoms with Crippen molar-refractivity contribution in [1.29, 1.82) is 0 Å². The predicted octanol–water partition coefficient (Wildman–Crippen LogP) is 2.64. The average molecular weight is 437 g/mol. The smallest absolute Gasteiger partial charge is 0.290 e. The second-order valence-electron chi connectivity index (χ2n) is 8.41. The van der Waals surface area contributed by atoms with Crippen LogP contribution in [0.15, 0.2) is 52.1 Å². The zero-order valence-corrected chi connectivity index (χ0v) is 18.7. The van der Waals surface area contributed by atoms with Gasteiger partial charge in [0, 0.05) is 25.2 Å². The molecule has 168 valence electrons. The number of carbonyl (C=O) groups excluding carboxylic acids is 3.